The average molecular weight is 931 g/mol. The Morgan fingerprint density at radius 2 is 1.34 bits per heavy atom. The molecule has 4 aliphatic heterocycles. The summed E-state index contributed by atoms with van der Waals surface area (Å²) in [5.41, 5.74) is 4.73. The molecule has 21 heteroatoms. The first-order valence-electron chi connectivity index (χ1n) is 22.2. The quantitative estimate of drug-likeness (QED) is 0.143. The molecule has 0 saturated carbocycles. The number of aromatic nitrogens is 8. The maximum Gasteiger partial charge on any atom is 0.435 e. The molecule has 2 N–H and O–H groups in total. The van der Waals surface area contributed by atoms with Gasteiger partial charge in [0.15, 0.2) is 17.3 Å². The highest BCUT2D eigenvalue weighted by molar-refractivity contribution is 5.76. The molecule has 0 bridgehead atoms. The van der Waals surface area contributed by atoms with E-state index < -0.39 is 17.7 Å². The number of carbonyl (C=O) groups is 2. The summed E-state index contributed by atoms with van der Waals surface area (Å²) in [5, 5.41) is 23.4. The number of hydrogen-bond donors (Lipinski definition) is 2. The zero-order valence-electron chi connectivity index (χ0n) is 37.5. The SMILES string of the molecule is CC(=O)N1CCc2c(c(Nc3ccc(-c4cn(C)nc4C(F)(F)F)cc3F)nn2CC2COC2)C1.CC(=O)N1CCc2c(c(Nc3ccc(-c4cnn(C)c4)cc3F)nn2C2CCOCC2)C1. The molecule has 2 aromatic carbocycles. The summed E-state index contributed by atoms with van der Waals surface area (Å²) in [5.74, 6) is 0.271. The van der Waals surface area contributed by atoms with Gasteiger partial charge in [-0.15, -0.1) is 0 Å². The number of alkyl halides is 3. The lowest BCUT2D eigenvalue weighted by Gasteiger charge is -2.29. The summed E-state index contributed by atoms with van der Waals surface area (Å²) < 4.78 is 87.7. The van der Waals surface area contributed by atoms with Crippen LogP contribution in [-0.2, 0) is 71.8 Å². The van der Waals surface area contributed by atoms with E-state index in [-0.39, 0.29) is 40.5 Å². The van der Waals surface area contributed by atoms with Crippen molar-refractivity contribution in [2.75, 3.05) is 50.2 Å². The largest absolute Gasteiger partial charge is 0.435 e. The van der Waals surface area contributed by atoms with Crippen molar-refractivity contribution < 1.29 is 41.0 Å². The van der Waals surface area contributed by atoms with E-state index in [2.05, 4.69) is 30.6 Å². The zero-order chi connectivity index (χ0) is 47.1. The number of benzene rings is 2. The van der Waals surface area contributed by atoms with Crippen molar-refractivity contribution >= 4 is 34.8 Å². The number of fused-ring (bicyclic) bond motifs is 2. The molecule has 0 radical (unpaired) electrons. The Bertz CT molecular complexity index is 2800. The Kier molecular flexibility index (Phi) is 12.6. The fourth-order valence-electron chi connectivity index (χ4n) is 9.01. The number of ether oxygens (including phenoxy) is 2. The van der Waals surface area contributed by atoms with Crippen molar-refractivity contribution in [1.29, 1.82) is 0 Å². The third-order valence-electron chi connectivity index (χ3n) is 12.7. The molecule has 4 aromatic heterocycles. The van der Waals surface area contributed by atoms with Gasteiger partial charge < -0.3 is 29.9 Å². The molecule has 8 heterocycles. The lowest BCUT2D eigenvalue weighted by Crippen LogP contribution is -2.36. The number of nitrogens with zero attached hydrogens (tertiary/aromatic N) is 10. The molecule has 2 amide bonds. The van der Waals surface area contributed by atoms with Gasteiger partial charge in [-0.25, -0.2) is 8.78 Å². The van der Waals surface area contributed by atoms with Crippen LogP contribution >= 0.6 is 0 Å². The van der Waals surface area contributed by atoms with Gasteiger partial charge in [0.2, 0.25) is 11.8 Å². The minimum Gasteiger partial charge on any atom is -0.381 e. The molecule has 67 heavy (non-hydrogen) atoms. The number of hydrogen-bond acceptors (Lipinski definition) is 10. The second kappa shape index (κ2) is 18.6. The fourth-order valence-corrected chi connectivity index (χ4v) is 9.01. The Labute approximate surface area is 382 Å². The van der Waals surface area contributed by atoms with Gasteiger partial charge in [0.05, 0.1) is 49.9 Å². The van der Waals surface area contributed by atoms with Crippen molar-refractivity contribution in [3.63, 3.8) is 0 Å². The Hall–Kier alpha value is -6.61. The van der Waals surface area contributed by atoms with Crippen LogP contribution in [0.2, 0.25) is 0 Å². The van der Waals surface area contributed by atoms with Gasteiger partial charge in [-0.1, -0.05) is 12.1 Å². The van der Waals surface area contributed by atoms with Crippen LogP contribution in [0.1, 0.15) is 60.9 Å². The summed E-state index contributed by atoms with van der Waals surface area (Å²) in [7, 11) is 3.21. The molecule has 2 fully saturated rings. The molecule has 0 unspecified atom stereocenters. The van der Waals surface area contributed by atoms with Crippen LogP contribution in [0.25, 0.3) is 22.3 Å². The zero-order valence-corrected chi connectivity index (χ0v) is 37.5. The van der Waals surface area contributed by atoms with E-state index >= 15 is 8.78 Å². The van der Waals surface area contributed by atoms with Gasteiger partial charge in [0.25, 0.3) is 0 Å². The second-order valence-corrected chi connectivity index (χ2v) is 17.4. The molecule has 0 atom stereocenters. The standard InChI is InChI=1S/C23H24F4N6O2.C23H27FN6O2/c1-13(34)32-6-5-20-17(10-32)22(30-33(20)8-14-11-35-12-14)28-19-4-3-15(7-18(19)24)16-9-31(2)29-21(16)23(25,26)27;1-15(31)29-8-5-22-19(14-29)23(27-30(22)18-6-9-32-10-7-18)26-21-4-3-16(11-20(21)24)17-12-25-28(2)13-17/h3-4,7,9,14H,5-6,8,10-12H2,1-2H3,(H,28,30);3-4,11-13,18H,5-10,14H2,1-2H3,(H,26,27). The first kappa shape index (κ1) is 45.5. The predicted octanol–water partition coefficient (Wildman–Crippen LogP) is 7.16. The average Bonchev–Trinajstić information content (AvgIpc) is 4.08. The van der Waals surface area contributed by atoms with Crippen LogP contribution < -0.4 is 10.6 Å². The van der Waals surface area contributed by atoms with Gasteiger partial charge in [-0.05, 0) is 48.2 Å². The Balaban J connectivity index is 0.000000169. The van der Waals surface area contributed by atoms with Crippen molar-refractivity contribution in [3.8, 4) is 22.3 Å². The van der Waals surface area contributed by atoms with Crippen LogP contribution in [0.5, 0.6) is 0 Å². The molecule has 4 aliphatic rings. The highest BCUT2D eigenvalue weighted by atomic mass is 19.4. The van der Waals surface area contributed by atoms with E-state index in [1.54, 1.807) is 28.8 Å². The van der Waals surface area contributed by atoms with Crippen molar-refractivity contribution in [1.82, 2.24) is 48.9 Å². The van der Waals surface area contributed by atoms with E-state index in [4.69, 9.17) is 14.6 Å². The first-order valence-corrected chi connectivity index (χ1v) is 22.2. The summed E-state index contributed by atoms with van der Waals surface area (Å²) in [6.45, 7) is 8.55. The molecule has 16 nitrogen and oxygen atoms in total. The molecule has 2 saturated heterocycles. The summed E-state index contributed by atoms with van der Waals surface area (Å²) in [6, 6.07) is 9.20. The topological polar surface area (TPSA) is 154 Å². The number of halogens is 5. The van der Waals surface area contributed by atoms with E-state index in [9.17, 15) is 22.8 Å². The lowest BCUT2D eigenvalue weighted by atomic mass is 10.0. The normalized spacial score (nSPS) is 16.5. The number of rotatable bonds is 9. The molecule has 10 rings (SSSR count). The number of carbonyl (C=O) groups excluding carboxylic acids is 2. The number of amides is 2. The minimum atomic E-state index is -4.66. The third-order valence-corrected chi connectivity index (χ3v) is 12.7. The number of nitrogens with one attached hydrogen (secondary N) is 2. The van der Waals surface area contributed by atoms with E-state index in [1.807, 2.05) is 28.9 Å². The highest BCUT2D eigenvalue weighted by Gasteiger charge is 2.38. The number of anilines is 4. The molecular weight excluding hydrogens is 880 g/mol. The monoisotopic (exact) mass is 930 g/mol. The minimum absolute atomic E-state index is 0.0346. The van der Waals surface area contributed by atoms with Gasteiger partial charge in [0, 0.05) is 126 Å². The van der Waals surface area contributed by atoms with Crippen molar-refractivity contribution in [2.45, 2.75) is 71.4 Å². The van der Waals surface area contributed by atoms with Crippen molar-refractivity contribution in [3.05, 3.63) is 94.8 Å². The van der Waals surface area contributed by atoms with E-state index in [0.29, 0.717) is 88.8 Å². The van der Waals surface area contributed by atoms with Crippen LogP contribution in [0.3, 0.4) is 0 Å². The molecule has 0 spiro atoms. The summed E-state index contributed by atoms with van der Waals surface area (Å²) in [4.78, 5) is 27.5. The van der Waals surface area contributed by atoms with Crippen LogP contribution in [-0.4, -0.2) is 100 Å². The van der Waals surface area contributed by atoms with E-state index in [0.717, 1.165) is 63.7 Å². The third kappa shape index (κ3) is 9.65. The Morgan fingerprint density at radius 1 is 0.746 bits per heavy atom. The number of aryl methyl sites for hydroxylation is 2. The fraction of sp³-hybridized carbons (Fsp3) is 0.435. The van der Waals surface area contributed by atoms with Crippen LogP contribution in [0.4, 0.5) is 45.0 Å². The van der Waals surface area contributed by atoms with Gasteiger partial charge in [-0.2, -0.15) is 33.6 Å². The lowest BCUT2D eigenvalue weighted by molar-refractivity contribution is -0.141. The maximum atomic E-state index is 15.1. The Morgan fingerprint density at radius 3 is 1.91 bits per heavy atom. The second-order valence-electron chi connectivity index (χ2n) is 17.4. The predicted molar refractivity (Wildman–Crippen MR) is 236 cm³/mol. The van der Waals surface area contributed by atoms with Crippen molar-refractivity contribution in [2.24, 2.45) is 20.0 Å². The van der Waals surface area contributed by atoms with Gasteiger partial charge >= 0.3 is 6.18 Å². The first-order chi connectivity index (χ1) is 32.1. The summed E-state index contributed by atoms with van der Waals surface area (Å²) in [6.07, 6.45) is 3.28. The van der Waals surface area contributed by atoms with Crippen LogP contribution in [0, 0.1) is 17.6 Å². The van der Waals surface area contributed by atoms with Gasteiger partial charge in [-0.3, -0.25) is 28.3 Å². The van der Waals surface area contributed by atoms with Gasteiger partial charge in [0.1, 0.15) is 11.6 Å². The smallest absolute Gasteiger partial charge is 0.381 e. The molecular formula is C46H51F5N12O4. The molecule has 354 valence electrons. The highest BCUT2D eigenvalue weighted by Crippen LogP contribution is 2.39. The molecule has 0 aliphatic carbocycles. The van der Waals surface area contributed by atoms with E-state index in [1.165, 1.54) is 38.4 Å². The molecule has 6 aromatic rings. The maximum absolute atomic E-state index is 15.1. The van der Waals surface area contributed by atoms with Crippen LogP contribution in [0.15, 0.2) is 55.0 Å². The summed E-state index contributed by atoms with van der Waals surface area (Å²) >= 11 is 0.